The number of anilines is 1. The average molecular weight is 528 g/mol. The van der Waals surface area contributed by atoms with Crippen LogP contribution in [-0.4, -0.2) is 35.6 Å². The number of methoxy groups -OCH3 is 1. The second kappa shape index (κ2) is 11.1. The fraction of sp³-hybridized carbons (Fsp3) is 0.217. The van der Waals surface area contributed by atoms with Crippen LogP contribution in [-0.2, 0) is 4.74 Å². The Labute approximate surface area is 210 Å². The van der Waals surface area contributed by atoms with Crippen LogP contribution < -0.4 is 15.4 Å². The third-order valence-electron chi connectivity index (χ3n) is 4.59. The van der Waals surface area contributed by atoms with E-state index in [2.05, 4.69) is 10.6 Å². The smallest absolute Gasteiger partial charge is 0.341 e. The first-order valence-corrected chi connectivity index (χ1v) is 11.9. The number of alkyl halides is 3. The molecule has 174 valence electrons. The van der Waals surface area contributed by atoms with Gasteiger partial charge in [0.25, 0.3) is 5.91 Å². The van der Waals surface area contributed by atoms with Gasteiger partial charge in [-0.05, 0) is 36.8 Å². The van der Waals surface area contributed by atoms with Gasteiger partial charge in [0.2, 0.25) is 3.79 Å². The van der Waals surface area contributed by atoms with Crippen LogP contribution in [0.3, 0.4) is 0 Å². The lowest BCUT2D eigenvalue weighted by Gasteiger charge is -2.27. The lowest BCUT2D eigenvalue weighted by molar-refractivity contribution is 0.0529. The first-order valence-electron chi connectivity index (χ1n) is 9.86. The van der Waals surface area contributed by atoms with Crippen molar-refractivity contribution in [2.75, 3.05) is 19.0 Å². The highest BCUT2D eigenvalue weighted by molar-refractivity contribution is 7.15. The summed E-state index contributed by atoms with van der Waals surface area (Å²) in [5.41, 5.74) is 2.15. The van der Waals surface area contributed by atoms with Crippen LogP contribution in [0.5, 0.6) is 5.75 Å². The molecule has 1 amide bonds. The minimum atomic E-state index is -1.93. The fourth-order valence-electron chi connectivity index (χ4n) is 2.99. The van der Waals surface area contributed by atoms with E-state index in [9.17, 15) is 9.59 Å². The van der Waals surface area contributed by atoms with E-state index in [1.807, 2.05) is 35.7 Å². The van der Waals surface area contributed by atoms with E-state index >= 15 is 0 Å². The first kappa shape index (κ1) is 25.2. The first-order chi connectivity index (χ1) is 15.7. The Morgan fingerprint density at radius 2 is 1.73 bits per heavy atom. The molecule has 10 heteroatoms. The zero-order chi connectivity index (χ0) is 24.0. The fourth-order valence-corrected chi connectivity index (χ4v) is 4.30. The lowest BCUT2D eigenvalue weighted by Crippen LogP contribution is -2.49. The second-order valence-corrected chi connectivity index (χ2v) is 10.0. The van der Waals surface area contributed by atoms with Gasteiger partial charge in [0.05, 0.1) is 13.7 Å². The standard InChI is InChI=1S/C23H21Cl3N2O4S/c1-3-32-21(30)18-17(14-7-5-4-6-8-14)13-33-20(18)28-22(23(24,25)26)27-19(29)15-9-11-16(31-2)12-10-15/h4-13,22,28H,3H2,1-2H3,(H,27,29)/t22-/m1/s1. The third-order valence-corrected chi connectivity index (χ3v) is 6.15. The number of halogens is 3. The molecule has 2 N–H and O–H groups in total. The summed E-state index contributed by atoms with van der Waals surface area (Å²) in [6.07, 6.45) is -1.15. The van der Waals surface area contributed by atoms with E-state index in [4.69, 9.17) is 44.3 Å². The predicted octanol–water partition coefficient (Wildman–Crippen LogP) is 6.14. The Bertz CT molecular complexity index is 1100. The Hall–Kier alpha value is -2.45. The van der Waals surface area contributed by atoms with Crippen molar-refractivity contribution in [2.24, 2.45) is 0 Å². The number of hydrogen-bond donors (Lipinski definition) is 2. The van der Waals surface area contributed by atoms with E-state index in [0.29, 0.717) is 27.4 Å². The van der Waals surface area contributed by atoms with Crippen molar-refractivity contribution >= 4 is 63.0 Å². The summed E-state index contributed by atoms with van der Waals surface area (Å²) in [6.45, 7) is 1.92. The van der Waals surface area contributed by atoms with Crippen LogP contribution >= 0.6 is 46.1 Å². The van der Waals surface area contributed by atoms with E-state index in [-0.39, 0.29) is 6.61 Å². The number of benzene rings is 2. The third kappa shape index (κ3) is 6.32. The summed E-state index contributed by atoms with van der Waals surface area (Å²) >= 11 is 19.7. The molecule has 0 spiro atoms. The Morgan fingerprint density at radius 3 is 2.30 bits per heavy atom. The number of rotatable bonds is 8. The Balaban J connectivity index is 1.92. The van der Waals surface area contributed by atoms with Crippen molar-refractivity contribution in [3.63, 3.8) is 0 Å². The van der Waals surface area contributed by atoms with Crippen LogP contribution in [0.25, 0.3) is 11.1 Å². The highest BCUT2D eigenvalue weighted by atomic mass is 35.6. The van der Waals surface area contributed by atoms with E-state index in [0.717, 1.165) is 5.56 Å². The molecular weight excluding hydrogens is 507 g/mol. The maximum absolute atomic E-state index is 12.8. The molecular formula is C23H21Cl3N2O4S. The van der Waals surface area contributed by atoms with Gasteiger partial charge in [0.1, 0.15) is 22.5 Å². The maximum Gasteiger partial charge on any atom is 0.341 e. The quantitative estimate of drug-likeness (QED) is 0.209. The van der Waals surface area contributed by atoms with Crippen molar-refractivity contribution < 1.29 is 19.1 Å². The molecule has 3 aromatic rings. The van der Waals surface area contributed by atoms with Gasteiger partial charge in [0.15, 0.2) is 0 Å². The summed E-state index contributed by atoms with van der Waals surface area (Å²) in [5.74, 6) is -0.391. The molecule has 2 aromatic carbocycles. The molecule has 0 aliphatic rings. The molecule has 0 fully saturated rings. The highest BCUT2D eigenvalue weighted by Crippen LogP contribution is 2.39. The van der Waals surface area contributed by atoms with Crippen LogP contribution in [0.4, 0.5) is 5.00 Å². The van der Waals surface area contributed by atoms with Crippen molar-refractivity contribution in [1.29, 1.82) is 0 Å². The van der Waals surface area contributed by atoms with Crippen molar-refractivity contribution in [2.45, 2.75) is 16.9 Å². The number of amides is 1. The monoisotopic (exact) mass is 526 g/mol. The molecule has 33 heavy (non-hydrogen) atoms. The number of thiophene rings is 1. The number of esters is 1. The molecule has 6 nitrogen and oxygen atoms in total. The van der Waals surface area contributed by atoms with Crippen molar-refractivity contribution in [3.05, 3.63) is 71.1 Å². The highest BCUT2D eigenvalue weighted by Gasteiger charge is 2.36. The minimum Gasteiger partial charge on any atom is -0.497 e. The summed E-state index contributed by atoms with van der Waals surface area (Å²) in [6, 6.07) is 15.9. The van der Waals surface area contributed by atoms with Crippen LogP contribution in [0.1, 0.15) is 27.6 Å². The second-order valence-electron chi connectivity index (χ2n) is 6.76. The molecule has 0 saturated heterocycles. The van der Waals surface area contributed by atoms with Gasteiger partial charge in [0, 0.05) is 16.5 Å². The van der Waals surface area contributed by atoms with Crippen molar-refractivity contribution in [1.82, 2.24) is 5.32 Å². The zero-order valence-electron chi connectivity index (χ0n) is 17.7. The minimum absolute atomic E-state index is 0.199. The van der Waals surface area contributed by atoms with Crippen LogP contribution in [0, 0.1) is 0 Å². The largest absolute Gasteiger partial charge is 0.497 e. The maximum atomic E-state index is 12.8. The van der Waals surface area contributed by atoms with Gasteiger partial charge < -0.3 is 20.1 Å². The molecule has 1 aromatic heterocycles. The van der Waals surface area contributed by atoms with Gasteiger partial charge >= 0.3 is 5.97 Å². The van der Waals surface area contributed by atoms with Gasteiger partial charge in [-0.1, -0.05) is 65.1 Å². The molecule has 3 rings (SSSR count). The zero-order valence-corrected chi connectivity index (χ0v) is 20.8. The Morgan fingerprint density at radius 1 is 1.06 bits per heavy atom. The molecule has 1 atom stereocenters. The van der Waals surface area contributed by atoms with Gasteiger partial charge in [-0.2, -0.15) is 0 Å². The van der Waals surface area contributed by atoms with E-state index < -0.39 is 21.8 Å². The summed E-state index contributed by atoms with van der Waals surface area (Å²) < 4.78 is 8.44. The molecule has 0 aliphatic carbocycles. The van der Waals surface area contributed by atoms with Crippen LogP contribution in [0.15, 0.2) is 60.0 Å². The van der Waals surface area contributed by atoms with Gasteiger partial charge in [-0.15, -0.1) is 11.3 Å². The van der Waals surface area contributed by atoms with Crippen molar-refractivity contribution in [3.8, 4) is 16.9 Å². The van der Waals surface area contributed by atoms with E-state index in [1.165, 1.54) is 18.4 Å². The van der Waals surface area contributed by atoms with Gasteiger partial charge in [-0.25, -0.2) is 4.79 Å². The SMILES string of the molecule is CCOC(=O)c1c(-c2ccccc2)csc1N[C@@H](NC(=O)c1ccc(OC)cc1)C(Cl)(Cl)Cl. The van der Waals surface area contributed by atoms with Crippen LogP contribution in [0.2, 0.25) is 0 Å². The molecule has 0 unspecified atom stereocenters. The molecule has 0 aliphatic heterocycles. The number of ether oxygens (including phenoxy) is 2. The number of nitrogens with one attached hydrogen (secondary N) is 2. The molecule has 1 heterocycles. The lowest BCUT2D eigenvalue weighted by atomic mass is 10.0. The molecule has 0 saturated carbocycles. The normalized spacial score (nSPS) is 12.0. The van der Waals surface area contributed by atoms with E-state index in [1.54, 1.807) is 31.2 Å². The number of hydrogen-bond acceptors (Lipinski definition) is 6. The molecule has 0 radical (unpaired) electrons. The van der Waals surface area contributed by atoms with Gasteiger partial charge in [-0.3, -0.25) is 4.79 Å². The average Bonchev–Trinajstić information content (AvgIpc) is 3.22. The summed E-state index contributed by atoms with van der Waals surface area (Å²) in [5, 5.41) is 7.89. The number of carbonyl (C=O) groups excluding carboxylic acids is 2. The Kier molecular flexibility index (Phi) is 8.48. The molecule has 0 bridgehead atoms. The number of carbonyl (C=O) groups is 2. The predicted molar refractivity (Wildman–Crippen MR) is 134 cm³/mol. The summed E-state index contributed by atoms with van der Waals surface area (Å²) in [4.78, 5) is 25.6. The summed E-state index contributed by atoms with van der Waals surface area (Å²) in [7, 11) is 1.53. The topological polar surface area (TPSA) is 76.7 Å².